The van der Waals surface area contributed by atoms with Crippen molar-refractivity contribution >= 4 is 47.4 Å². The summed E-state index contributed by atoms with van der Waals surface area (Å²) in [6.45, 7) is 3.10. The highest BCUT2D eigenvalue weighted by atomic mass is 127. The third kappa shape index (κ3) is 6.22. The molecule has 2 aromatic rings. The van der Waals surface area contributed by atoms with Crippen LogP contribution in [0.3, 0.4) is 0 Å². The Hall–Kier alpha value is -1.58. The maximum Gasteiger partial charge on any atom is 0.191 e. The van der Waals surface area contributed by atoms with Crippen molar-refractivity contribution in [3.8, 4) is 0 Å². The Morgan fingerprint density at radius 2 is 2.14 bits per heavy atom. The van der Waals surface area contributed by atoms with E-state index >= 15 is 0 Å². The van der Waals surface area contributed by atoms with Crippen LogP contribution in [0.15, 0.2) is 47.6 Å². The third-order valence-electron chi connectivity index (χ3n) is 4.55. The number of aliphatic imine (C=N–C) groups is 1. The van der Waals surface area contributed by atoms with Gasteiger partial charge in [0, 0.05) is 46.0 Å². The van der Waals surface area contributed by atoms with E-state index < -0.39 is 0 Å². The van der Waals surface area contributed by atoms with Crippen LogP contribution in [-0.2, 0) is 17.9 Å². The third-order valence-corrected chi connectivity index (χ3v) is 4.85. The number of nitrogens with one attached hydrogen (secondary N) is 2. The summed E-state index contributed by atoms with van der Waals surface area (Å²) in [6.07, 6.45) is 2.79. The number of anilines is 1. The molecule has 1 aliphatic rings. The van der Waals surface area contributed by atoms with E-state index in [1.165, 1.54) is 11.1 Å². The van der Waals surface area contributed by atoms with Crippen LogP contribution in [0.1, 0.15) is 17.5 Å². The summed E-state index contributed by atoms with van der Waals surface area (Å²) in [6, 6.07) is 12.4. The monoisotopic (exact) mass is 515 g/mol. The van der Waals surface area contributed by atoms with Crippen molar-refractivity contribution in [1.82, 2.24) is 15.6 Å². The number of methoxy groups -OCH3 is 1. The minimum Gasteiger partial charge on any atom is -0.380 e. The van der Waals surface area contributed by atoms with Crippen LogP contribution in [0.25, 0.3) is 0 Å². The average molecular weight is 516 g/mol. The molecule has 1 aromatic carbocycles. The first-order chi connectivity index (χ1) is 13.2. The van der Waals surface area contributed by atoms with Crippen molar-refractivity contribution in [1.29, 1.82) is 0 Å². The Morgan fingerprint density at radius 3 is 2.89 bits per heavy atom. The van der Waals surface area contributed by atoms with Crippen LogP contribution in [0.5, 0.6) is 0 Å². The lowest BCUT2D eigenvalue weighted by Gasteiger charge is -2.20. The first kappa shape index (κ1) is 22.7. The number of rotatable bonds is 6. The number of ether oxygens (including phenoxy) is 1. The molecule has 152 valence electrons. The fourth-order valence-electron chi connectivity index (χ4n) is 3.25. The van der Waals surface area contributed by atoms with Crippen LogP contribution in [0.4, 0.5) is 5.82 Å². The van der Waals surface area contributed by atoms with Crippen LogP contribution in [-0.4, -0.2) is 44.2 Å². The SMILES string of the molecule is CN=C(NCc1cccc(COC)c1)NC1CCN(c2ncccc2Cl)C1.I. The molecule has 0 bridgehead atoms. The zero-order chi connectivity index (χ0) is 19.1. The molecule has 0 aliphatic carbocycles. The summed E-state index contributed by atoms with van der Waals surface area (Å²) in [5.41, 5.74) is 2.36. The number of benzene rings is 1. The maximum absolute atomic E-state index is 6.27. The first-order valence-electron chi connectivity index (χ1n) is 9.09. The molecule has 0 amide bonds. The quantitative estimate of drug-likeness (QED) is 0.351. The van der Waals surface area contributed by atoms with Gasteiger partial charge in [-0.2, -0.15) is 0 Å². The van der Waals surface area contributed by atoms with Gasteiger partial charge >= 0.3 is 0 Å². The maximum atomic E-state index is 6.27. The molecule has 1 aromatic heterocycles. The summed E-state index contributed by atoms with van der Waals surface area (Å²) in [5, 5.41) is 7.57. The van der Waals surface area contributed by atoms with Gasteiger partial charge in [-0.3, -0.25) is 4.99 Å². The van der Waals surface area contributed by atoms with Crippen LogP contribution < -0.4 is 15.5 Å². The van der Waals surface area contributed by atoms with E-state index in [9.17, 15) is 0 Å². The first-order valence-corrected chi connectivity index (χ1v) is 9.47. The topological polar surface area (TPSA) is 61.8 Å². The highest BCUT2D eigenvalue weighted by molar-refractivity contribution is 14.0. The Bertz CT molecular complexity index is 789. The van der Waals surface area contributed by atoms with Gasteiger partial charge in [0.2, 0.25) is 0 Å². The lowest BCUT2D eigenvalue weighted by molar-refractivity contribution is 0.185. The van der Waals surface area contributed by atoms with Gasteiger partial charge in [0.25, 0.3) is 0 Å². The number of nitrogens with zero attached hydrogens (tertiary/aromatic N) is 3. The van der Waals surface area contributed by atoms with E-state index in [2.05, 4.69) is 43.7 Å². The molecule has 1 fully saturated rings. The van der Waals surface area contributed by atoms with Gasteiger partial charge in [0.05, 0.1) is 11.6 Å². The summed E-state index contributed by atoms with van der Waals surface area (Å²) < 4.78 is 5.20. The minimum absolute atomic E-state index is 0. The molecule has 2 N–H and O–H groups in total. The Morgan fingerprint density at radius 1 is 1.32 bits per heavy atom. The Kier molecular flexibility index (Phi) is 9.27. The van der Waals surface area contributed by atoms with Gasteiger partial charge in [0.1, 0.15) is 5.82 Å². The number of pyridine rings is 1. The minimum atomic E-state index is 0. The zero-order valence-electron chi connectivity index (χ0n) is 16.2. The summed E-state index contributed by atoms with van der Waals surface area (Å²) >= 11 is 6.27. The van der Waals surface area contributed by atoms with Crippen LogP contribution >= 0.6 is 35.6 Å². The Labute approximate surface area is 188 Å². The number of hydrogen-bond acceptors (Lipinski definition) is 4. The molecule has 0 saturated carbocycles. The normalized spacial score (nSPS) is 16.6. The largest absolute Gasteiger partial charge is 0.380 e. The molecule has 0 spiro atoms. The van der Waals surface area contributed by atoms with Gasteiger partial charge in [-0.1, -0.05) is 35.9 Å². The van der Waals surface area contributed by atoms with Gasteiger partial charge in [-0.05, 0) is 29.7 Å². The predicted octanol–water partition coefficient (Wildman–Crippen LogP) is 3.44. The molecular formula is C20H27ClIN5O. The lowest BCUT2D eigenvalue weighted by atomic mass is 10.1. The second kappa shape index (κ2) is 11.4. The van der Waals surface area contributed by atoms with E-state index in [0.717, 1.165) is 31.3 Å². The van der Waals surface area contributed by atoms with Crippen molar-refractivity contribution in [2.75, 3.05) is 32.1 Å². The van der Waals surface area contributed by atoms with Crippen LogP contribution in [0, 0.1) is 0 Å². The molecule has 28 heavy (non-hydrogen) atoms. The molecule has 1 aliphatic heterocycles. The van der Waals surface area contributed by atoms with E-state index in [4.69, 9.17) is 16.3 Å². The van der Waals surface area contributed by atoms with Crippen molar-refractivity contribution < 1.29 is 4.74 Å². The summed E-state index contributed by atoms with van der Waals surface area (Å²) in [4.78, 5) is 11.0. The molecular weight excluding hydrogens is 489 g/mol. The highest BCUT2D eigenvalue weighted by Crippen LogP contribution is 2.25. The number of halogens is 2. The molecule has 6 nitrogen and oxygen atoms in total. The Balaban J connectivity index is 0.00000280. The van der Waals surface area contributed by atoms with Crippen molar-refractivity contribution in [2.45, 2.75) is 25.6 Å². The van der Waals surface area contributed by atoms with Gasteiger partial charge in [-0.25, -0.2) is 4.98 Å². The second-order valence-electron chi connectivity index (χ2n) is 6.56. The highest BCUT2D eigenvalue weighted by Gasteiger charge is 2.25. The average Bonchev–Trinajstić information content (AvgIpc) is 3.14. The summed E-state index contributed by atoms with van der Waals surface area (Å²) in [5.74, 6) is 1.65. The standard InChI is InChI=1S/C20H26ClN5O.HI/c1-22-20(24-12-15-5-3-6-16(11-15)14-27-2)25-17-8-10-26(13-17)19-18(21)7-4-9-23-19;/h3-7,9,11,17H,8,10,12-14H2,1-2H3,(H2,22,24,25);1H. The van der Waals surface area contributed by atoms with Gasteiger partial charge in [-0.15, -0.1) is 24.0 Å². The second-order valence-corrected chi connectivity index (χ2v) is 6.97. The molecule has 1 unspecified atom stereocenters. The molecule has 1 saturated heterocycles. The molecule has 0 radical (unpaired) electrons. The van der Waals surface area contributed by atoms with E-state index in [1.54, 1.807) is 20.4 Å². The summed E-state index contributed by atoms with van der Waals surface area (Å²) in [7, 11) is 3.50. The number of aromatic nitrogens is 1. The van der Waals surface area contributed by atoms with Crippen molar-refractivity contribution in [3.63, 3.8) is 0 Å². The van der Waals surface area contributed by atoms with Crippen LogP contribution in [0.2, 0.25) is 5.02 Å². The van der Waals surface area contributed by atoms with Crippen molar-refractivity contribution in [2.24, 2.45) is 4.99 Å². The predicted molar refractivity (Wildman–Crippen MR) is 126 cm³/mol. The molecule has 8 heteroatoms. The lowest BCUT2D eigenvalue weighted by Crippen LogP contribution is -2.44. The fraction of sp³-hybridized carbons (Fsp3) is 0.400. The van der Waals surface area contributed by atoms with Gasteiger partial charge in [0.15, 0.2) is 5.96 Å². The molecule has 2 heterocycles. The van der Waals surface area contributed by atoms with E-state index in [-0.39, 0.29) is 24.0 Å². The van der Waals surface area contributed by atoms with Crippen molar-refractivity contribution in [3.05, 3.63) is 58.7 Å². The van der Waals surface area contributed by atoms with E-state index in [1.807, 2.05) is 18.2 Å². The number of hydrogen-bond donors (Lipinski definition) is 2. The fourth-order valence-corrected chi connectivity index (χ4v) is 3.49. The zero-order valence-corrected chi connectivity index (χ0v) is 19.3. The van der Waals surface area contributed by atoms with E-state index in [0.29, 0.717) is 24.2 Å². The van der Waals surface area contributed by atoms with Gasteiger partial charge < -0.3 is 20.3 Å². The number of guanidine groups is 1. The smallest absolute Gasteiger partial charge is 0.191 e. The molecule has 1 atom stereocenters. The molecule has 3 rings (SSSR count).